The lowest BCUT2D eigenvalue weighted by Crippen LogP contribution is -2.57. The van der Waals surface area contributed by atoms with Gasteiger partial charge in [-0.15, -0.1) is 0 Å². The number of para-hydroxylation sites is 1. The number of nitrogens with one attached hydrogen (secondary N) is 1. The van der Waals surface area contributed by atoms with Crippen molar-refractivity contribution in [3.63, 3.8) is 0 Å². The molecule has 0 spiro atoms. The first-order valence-electron chi connectivity index (χ1n) is 8.44. The van der Waals surface area contributed by atoms with E-state index in [9.17, 15) is 9.59 Å². The molecular formula is C18H25N3O3. The highest BCUT2D eigenvalue weighted by molar-refractivity contribution is 5.98. The van der Waals surface area contributed by atoms with Crippen molar-refractivity contribution in [1.29, 1.82) is 0 Å². The molecule has 0 aromatic heterocycles. The summed E-state index contributed by atoms with van der Waals surface area (Å²) in [5.41, 5.74) is 1.59. The molecule has 0 aliphatic carbocycles. The Kier molecular flexibility index (Phi) is 4.49. The van der Waals surface area contributed by atoms with Crippen LogP contribution in [0.3, 0.4) is 0 Å². The molecule has 1 atom stereocenters. The maximum Gasteiger partial charge on any atom is 0.410 e. The van der Waals surface area contributed by atoms with Crippen molar-refractivity contribution in [3.05, 3.63) is 29.8 Å². The van der Waals surface area contributed by atoms with Crippen LogP contribution in [0.25, 0.3) is 0 Å². The predicted molar refractivity (Wildman–Crippen MR) is 91.9 cm³/mol. The Morgan fingerprint density at radius 3 is 2.50 bits per heavy atom. The van der Waals surface area contributed by atoms with Crippen molar-refractivity contribution in [3.8, 4) is 0 Å². The van der Waals surface area contributed by atoms with Gasteiger partial charge < -0.3 is 15.0 Å². The Morgan fingerprint density at radius 1 is 1.17 bits per heavy atom. The predicted octanol–water partition coefficient (Wildman–Crippen LogP) is 2.10. The number of hydrogen-bond acceptors (Lipinski definition) is 4. The number of carbonyl (C=O) groups excluding carboxylic acids is 2. The Bertz CT molecular complexity index is 631. The number of nitrogens with zero attached hydrogens (tertiary/aromatic N) is 2. The van der Waals surface area contributed by atoms with Crippen LogP contribution in [-0.4, -0.2) is 59.6 Å². The van der Waals surface area contributed by atoms with Gasteiger partial charge >= 0.3 is 6.09 Å². The molecule has 0 saturated carbocycles. The lowest BCUT2D eigenvalue weighted by atomic mass is 9.97. The van der Waals surface area contributed by atoms with E-state index in [4.69, 9.17) is 4.74 Å². The number of fused-ring (bicyclic) bond motifs is 1. The molecule has 6 heteroatoms. The number of rotatable bonds is 1. The fraction of sp³-hybridized carbons (Fsp3) is 0.556. The van der Waals surface area contributed by atoms with Crippen LogP contribution >= 0.6 is 0 Å². The standard InChI is InChI=1S/C18H25N3O3/c1-18(2,3)24-17(23)21-10-8-20(9-11-21)15-12-13-6-4-5-7-14(13)19-16(15)22/h4-7,15H,8-12H2,1-3H3,(H,19,22). The molecule has 3 rings (SSSR count). The summed E-state index contributed by atoms with van der Waals surface area (Å²) in [6.07, 6.45) is 0.439. The van der Waals surface area contributed by atoms with Crippen molar-refractivity contribution >= 4 is 17.7 Å². The highest BCUT2D eigenvalue weighted by Crippen LogP contribution is 2.25. The van der Waals surface area contributed by atoms with Gasteiger partial charge in [0, 0.05) is 31.9 Å². The molecule has 2 amide bonds. The Balaban J connectivity index is 1.59. The van der Waals surface area contributed by atoms with Crippen molar-refractivity contribution in [1.82, 2.24) is 9.80 Å². The molecule has 2 aliphatic rings. The third-order valence-corrected chi connectivity index (χ3v) is 4.40. The van der Waals surface area contributed by atoms with E-state index in [1.807, 2.05) is 39.0 Å². The minimum atomic E-state index is -0.485. The summed E-state index contributed by atoms with van der Waals surface area (Å²) in [5.74, 6) is 0.0411. The largest absolute Gasteiger partial charge is 0.444 e. The molecule has 24 heavy (non-hydrogen) atoms. The van der Waals surface area contributed by atoms with Crippen molar-refractivity contribution in [2.24, 2.45) is 0 Å². The summed E-state index contributed by atoms with van der Waals surface area (Å²) in [6, 6.07) is 7.75. The van der Waals surface area contributed by atoms with E-state index in [0.717, 1.165) is 11.3 Å². The number of hydrogen-bond donors (Lipinski definition) is 1. The first-order valence-corrected chi connectivity index (χ1v) is 8.44. The van der Waals surface area contributed by atoms with Gasteiger partial charge in [-0.25, -0.2) is 4.79 Å². The molecule has 1 aromatic rings. The molecule has 1 aromatic carbocycles. The number of ether oxygens (including phenoxy) is 1. The van der Waals surface area contributed by atoms with Crippen LogP contribution in [-0.2, 0) is 16.0 Å². The molecule has 1 N–H and O–H groups in total. The topological polar surface area (TPSA) is 61.9 Å². The van der Waals surface area contributed by atoms with Crippen molar-refractivity contribution < 1.29 is 14.3 Å². The van der Waals surface area contributed by atoms with Crippen LogP contribution in [0.15, 0.2) is 24.3 Å². The summed E-state index contributed by atoms with van der Waals surface area (Å²) >= 11 is 0. The van der Waals surface area contributed by atoms with E-state index in [1.54, 1.807) is 4.90 Å². The molecule has 1 unspecified atom stereocenters. The molecule has 1 fully saturated rings. The smallest absolute Gasteiger partial charge is 0.410 e. The van der Waals surface area contributed by atoms with Gasteiger partial charge in [-0.1, -0.05) is 18.2 Å². The summed E-state index contributed by atoms with van der Waals surface area (Å²) < 4.78 is 5.41. The van der Waals surface area contributed by atoms with E-state index < -0.39 is 5.60 Å². The Hall–Kier alpha value is -2.08. The molecule has 0 bridgehead atoms. The quantitative estimate of drug-likeness (QED) is 0.856. The lowest BCUT2D eigenvalue weighted by Gasteiger charge is -2.40. The van der Waals surface area contributed by atoms with Crippen LogP contribution in [0.5, 0.6) is 0 Å². The summed E-state index contributed by atoms with van der Waals surface area (Å²) in [6.45, 7) is 8.13. The van der Waals surface area contributed by atoms with E-state index >= 15 is 0 Å². The number of anilines is 1. The maximum atomic E-state index is 12.4. The molecular weight excluding hydrogens is 306 g/mol. The monoisotopic (exact) mass is 331 g/mol. The Morgan fingerprint density at radius 2 is 1.83 bits per heavy atom. The molecule has 0 radical (unpaired) electrons. The highest BCUT2D eigenvalue weighted by Gasteiger charge is 2.34. The second kappa shape index (κ2) is 6.43. The fourth-order valence-corrected chi connectivity index (χ4v) is 3.17. The molecule has 130 valence electrons. The van der Waals surface area contributed by atoms with Gasteiger partial charge in [0.2, 0.25) is 5.91 Å². The summed E-state index contributed by atoms with van der Waals surface area (Å²) in [5, 5.41) is 2.99. The third-order valence-electron chi connectivity index (χ3n) is 4.40. The van der Waals surface area contributed by atoms with Gasteiger partial charge in [0.25, 0.3) is 0 Å². The SMILES string of the molecule is CC(C)(C)OC(=O)N1CCN(C2Cc3ccccc3NC2=O)CC1. The first kappa shape index (κ1) is 16.8. The minimum Gasteiger partial charge on any atom is -0.444 e. The zero-order valence-corrected chi connectivity index (χ0v) is 14.5. The number of piperazine rings is 1. The minimum absolute atomic E-state index is 0.0411. The van der Waals surface area contributed by atoms with E-state index in [0.29, 0.717) is 32.6 Å². The Labute approximate surface area is 142 Å². The van der Waals surface area contributed by atoms with Gasteiger partial charge in [0.15, 0.2) is 0 Å². The fourth-order valence-electron chi connectivity index (χ4n) is 3.17. The summed E-state index contributed by atoms with van der Waals surface area (Å²) in [7, 11) is 0. The zero-order valence-electron chi connectivity index (χ0n) is 14.5. The molecule has 2 heterocycles. The van der Waals surface area contributed by atoms with E-state index in [-0.39, 0.29) is 18.0 Å². The van der Waals surface area contributed by atoms with Gasteiger partial charge in [0.05, 0.1) is 6.04 Å². The first-order chi connectivity index (χ1) is 11.3. The second-order valence-corrected chi connectivity index (χ2v) is 7.37. The van der Waals surface area contributed by atoms with Gasteiger partial charge in [-0.2, -0.15) is 0 Å². The number of amides is 2. The van der Waals surface area contributed by atoms with Gasteiger partial charge in [-0.3, -0.25) is 9.69 Å². The van der Waals surface area contributed by atoms with Crippen LogP contribution < -0.4 is 5.32 Å². The second-order valence-electron chi connectivity index (χ2n) is 7.37. The van der Waals surface area contributed by atoms with Crippen LogP contribution in [0, 0.1) is 0 Å². The summed E-state index contributed by atoms with van der Waals surface area (Å²) in [4.78, 5) is 28.4. The van der Waals surface area contributed by atoms with Crippen LogP contribution in [0.2, 0.25) is 0 Å². The van der Waals surface area contributed by atoms with Crippen LogP contribution in [0.4, 0.5) is 10.5 Å². The van der Waals surface area contributed by atoms with Crippen molar-refractivity contribution in [2.75, 3.05) is 31.5 Å². The van der Waals surface area contributed by atoms with E-state index in [1.165, 1.54) is 0 Å². The van der Waals surface area contributed by atoms with Crippen molar-refractivity contribution in [2.45, 2.75) is 38.8 Å². The molecule has 6 nitrogen and oxygen atoms in total. The number of benzene rings is 1. The normalized spacial score (nSPS) is 21.9. The number of carbonyl (C=O) groups is 2. The average molecular weight is 331 g/mol. The zero-order chi connectivity index (χ0) is 17.3. The average Bonchev–Trinajstić information content (AvgIpc) is 2.53. The third kappa shape index (κ3) is 3.70. The maximum absolute atomic E-state index is 12.4. The van der Waals surface area contributed by atoms with Crippen LogP contribution in [0.1, 0.15) is 26.3 Å². The molecule has 2 aliphatic heterocycles. The lowest BCUT2D eigenvalue weighted by molar-refractivity contribution is -0.122. The van der Waals surface area contributed by atoms with Gasteiger partial charge in [-0.05, 0) is 38.8 Å². The van der Waals surface area contributed by atoms with E-state index in [2.05, 4.69) is 16.3 Å². The molecule has 1 saturated heterocycles. The van der Waals surface area contributed by atoms with Gasteiger partial charge in [0.1, 0.15) is 5.60 Å². The highest BCUT2D eigenvalue weighted by atomic mass is 16.6.